The fourth-order valence-electron chi connectivity index (χ4n) is 2.02. The topological polar surface area (TPSA) is 144 Å². The lowest BCUT2D eigenvalue weighted by molar-refractivity contribution is 0.881. The Morgan fingerprint density at radius 1 is 1.25 bits per heavy atom. The molecule has 4 N–H and O–H groups in total. The number of aromatic amines is 2. The molecule has 0 fully saturated rings. The van der Waals surface area contributed by atoms with Gasteiger partial charge in [-0.2, -0.15) is 9.50 Å². The van der Waals surface area contributed by atoms with E-state index in [2.05, 4.69) is 35.7 Å². The summed E-state index contributed by atoms with van der Waals surface area (Å²) in [6, 6.07) is 5.09. The van der Waals surface area contributed by atoms with Gasteiger partial charge in [0.05, 0.1) is 5.52 Å². The van der Waals surface area contributed by atoms with Gasteiger partial charge >= 0.3 is 5.69 Å². The van der Waals surface area contributed by atoms with Crippen LogP contribution in [0.15, 0.2) is 23.0 Å². The summed E-state index contributed by atoms with van der Waals surface area (Å²) in [6.07, 6.45) is 0. The molecule has 10 heteroatoms. The van der Waals surface area contributed by atoms with Gasteiger partial charge in [-0.25, -0.2) is 9.89 Å². The zero-order valence-electron chi connectivity index (χ0n) is 9.90. The van der Waals surface area contributed by atoms with E-state index in [0.717, 1.165) is 4.52 Å². The number of fused-ring (bicyclic) bond motifs is 3. The first-order valence-corrected chi connectivity index (χ1v) is 5.65. The van der Waals surface area contributed by atoms with Crippen LogP contribution < -0.4 is 11.4 Å². The molecule has 0 unspecified atom stereocenters. The number of nitrogen functional groups attached to an aromatic ring is 1. The van der Waals surface area contributed by atoms with Crippen LogP contribution in [0.25, 0.3) is 28.2 Å². The average molecular weight is 269 g/mol. The number of rotatable bonds is 1. The van der Waals surface area contributed by atoms with E-state index in [9.17, 15) is 4.79 Å². The number of nitrogens with two attached hydrogens (primary N) is 1. The van der Waals surface area contributed by atoms with Crippen molar-refractivity contribution in [3.05, 3.63) is 28.7 Å². The predicted octanol–water partition coefficient (Wildman–Crippen LogP) is -0.667. The highest BCUT2D eigenvalue weighted by Gasteiger charge is 2.13. The van der Waals surface area contributed by atoms with Gasteiger partial charge in [-0.05, 0) is 28.6 Å². The Labute approximate surface area is 109 Å². The number of aromatic nitrogens is 8. The molecule has 1 aromatic carbocycles. The maximum absolute atomic E-state index is 11.9. The van der Waals surface area contributed by atoms with Crippen LogP contribution in [-0.2, 0) is 0 Å². The van der Waals surface area contributed by atoms with Crippen molar-refractivity contribution in [1.82, 2.24) is 40.2 Å². The van der Waals surface area contributed by atoms with Gasteiger partial charge in [0.1, 0.15) is 5.65 Å². The van der Waals surface area contributed by atoms with Crippen LogP contribution in [0, 0.1) is 0 Å². The van der Waals surface area contributed by atoms with Crippen molar-refractivity contribution in [3.63, 3.8) is 0 Å². The fraction of sp³-hybridized carbons (Fsp3) is 0. The maximum Gasteiger partial charge on any atom is 0.370 e. The molecule has 3 aromatic heterocycles. The van der Waals surface area contributed by atoms with Gasteiger partial charge in [-0.3, -0.25) is 0 Å². The molecule has 10 nitrogen and oxygen atoms in total. The first-order valence-electron chi connectivity index (χ1n) is 5.65. The zero-order chi connectivity index (χ0) is 13.7. The van der Waals surface area contributed by atoms with Crippen molar-refractivity contribution >= 4 is 22.2 Å². The molecule has 4 aromatic rings. The van der Waals surface area contributed by atoms with Crippen LogP contribution in [0.5, 0.6) is 0 Å². The lowest BCUT2D eigenvalue weighted by Gasteiger charge is -1.99. The van der Waals surface area contributed by atoms with Gasteiger partial charge in [0.2, 0.25) is 5.82 Å². The SMILES string of the molecule is Nc1ccc2nc(=O)n3nc(-c4nnn[nH]4)[nH]c3c2c1. The highest BCUT2D eigenvalue weighted by molar-refractivity contribution is 5.93. The molecule has 3 heterocycles. The van der Waals surface area contributed by atoms with Crippen molar-refractivity contribution < 1.29 is 0 Å². The number of nitrogens with zero attached hydrogens (tertiary/aromatic N) is 6. The minimum absolute atomic E-state index is 0.324. The average Bonchev–Trinajstić information content (AvgIpc) is 3.08. The zero-order valence-corrected chi connectivity index (χ0v) is 9.90. The molecule has 0 amide bonds. The van der Waals surface area contributed by atoms with E-state index in [4.69, 9.17) is 5.73 Å². The smallest absolute Gasteiger partial charge is 0.370 e. The van der Waals surface area contributed by atoms with Gasteiger partial charge in [-0.15, -0.1) is 10.2 Å². The third-order valence-electron chi connectivity index (χ3n) is 2.89. The molecule has 0 radical (unpaired) electrons. The summed E-state index contributed by atoms with van der Waals surface area (Å²) in [6.45, 7) is 0. The van der Waals surface area contributed by atoms with Gasteiger partial charge < -0.3 is 10.7 Å². The quantitative estimate of drug-likeness (QED) is 0.389. The van der Waals surface area contributed by atoms with Gasteiger partial charge in [-0.1, -0.05) is 0 Å². The molecule has 0 atom stereocenters. The van der Waals surface area contributed by atoms with Crippen LogP contribution in [-0.4, -0.2) is 40.2 Å². The monoisotopic (exact) mass is 269 g/mol. The fourth-order valence-corrected chi connectivity index (χ4v) is 2.02. The second-order valence-corrected chi connectivity index (χ2v) is 4.15. The molecule has 98 valence electrons. The highest BCUT2D eigenvalue weighted by atomic mass is 16.1. The van der Waals surface area contributed by atoms with E-state index in [1.165, 1.54) is 0 Å². The summed E-state index contributed by atoms with van der Waals surface area (Å²) in [5.74, 6) is 0.661. The third-order valence-corrected chi connectivity index (χ3v) is 2.89. The number of hydrogen-bond acceptors (Lipinski definition) is 7. The summed E-state index contributed by atoms with van der Waals surface area (Å²) in [5, 5.41) is 18.0. The normalized spacial score (nSPS) is 11.4. The first-order chi connectivity index (χ1) is 9.72. The van der Waals surface area contributed by atoms with E-state index in [0.29, 0.717) is 33.9 Å². The Kier molecular flexibility index (Phi) is 1.91. The minimum Gasteiger partial charge on any atom is -0.399 e. The van der Waals surface area contributed by atoms with Crippen LogP contribution in [0.2, 0.25) is 0 Å². The highest BCUT2D eigenvalue weighted by Crippen LogP contribution is 2.19. The Bertz CT molecular complexity index is 981. The lowest BCUT2D eigenvalue weighted by Crippen LogP contribution is -2.17. The predicted molar refractivity (Wildman–Crippen MR) is 68.7 cm³/mol. The van der Waals surface area contributed by atoms with Crippen LogP contribution in [0.1, 0.15) is 0 Å². The van der Waals surface area contributed by atoms with Gasteiger partial charge in [0.15, 0.2) is 5.82 Å². The summed E-state index contributed by atoms with van der Waals surface area (Å²) >= 11 is 0. The van der Waals surface area contributed by atoms with Crippen molar-refractivity contribution in [2.24, 2.45) is 0 Å². The number of anilines is 1. The second-order valence-electron chi connectivity index (χ2n) is 4.15. The van der Waals surface area contributed by atoms with Crippen LogP contribution in [0.4, 0.5) is 5.69 Å². The van der Waals surface area contributed by atoms with Gasteiger partial charge in [0.25, 0.3) is 0 Å². The lowest BCUT2D eigenvalue weighted by atomic mass is 10.2. The molecule has 4 rings (SSSR count). The number of H-pyrrole nitrogens is 2. The summed E-state index contributed by atoms with van der Waals surface area (Å²) in [7, 11) is 0. The van der Waals surface area contributed by atoms with E-state index in [-0.39, 0.29) is 0 Å². The molecule has 0 bridgehead atoms. The van der Waals surface area contributed by atoms with Crippen LogP contribution in [0.3, 0.4) is 0 Å². The number of benzene rings is 1. The maximum atomic E-state index is 11.9. The molecular formula is C10H7N9O. The number of nitrogens with one attached hydrogen (secondary N) is 2. The Morgan fingerprint density at radius 3 is 2.95 bits per heavy atom. The molecule has 0 aliphatic heterocycles. The number of tetrazole rings is 1. The van der Waals surface area contributed by atoms with E-state index in [1.807, 2.05) is 0 Å². The molecule has 0 saturated carbocycles. The number of hydrogen-bond donors (Lipinski definition) is 3. The Hall–Kier alpha value is -3.30. The van der Waals surface area contributed by atoms with Gasteiger partial charge in [0, 0.05) is 11.1 Å². The molecule has 20 heavy (non-hydrogen) atoms. The molecule has 0 saturated heterocycles. The molecule has 0 spiro atoms. The molecular weight excluding hydrogens is 262 g/mol. The Morgan fingerprint density at radius 2 is 2.15 bits per heavy atom. The standard InChI is InChI=1S/C10H7N9O/c11-4-1-2-6-5(3-4)9-13-7(8-14-17-18-15-8)16-19(9)10(20)12-6/h1-3H,11H2,(H,13,16)(H,14,15,17,18). The van der Waals surface area contributed by atoms with Crippen LogP contribution >= 0.6 is 0 Å². The first kappa shape index (κ1) is 10.6. The van der Waals surface area contributed by atoms with Crippen molar-refractivity contribution in [3.8, 4) is 11.6 Å². The third kappa shape index (κ3) is 1.38. The largest absolute Gasteiger partial charge is 0.399 e. The van der Waals surface area contributed by atoms with Crippen molar-refractivity contribution in [1.29, 1.82) is 0 Å². The second kappa shape index (κ2) is 3.60. The summed E-state index contributed by atoms with van der Waals surface area (Å²) in [5.41, 5.74) is 6.86. The van der Waals surface area contributed by atoms with E-state index in [1.54, 1.807) is 18.2 Å². The molecule has 0 aliphatic carbocycles. The summed E-state index contributed by atoms with van der Waals surface area (Å²) in [4.78, 5) is 18.9. The molecule has 0 aliphatic rings. The Balaban J connectivity index is 2.15. The minimum atomic E-state index is -0.493. The summed E-state index contributed by atoms with van der Waals surface area (Å²) < 4.78 is 1.15. The van der Waals surface area contributed by atoms with E-state index >= 15 is 0 Å². The van der Waals surface area contributed by atoms with Crippen molar-refractivity contribution in [2.45, 2.75) is 0 Å². The van der Waals surface area contributed by atoms with E-state index < -0.39 is 5.69 Å². The van der Waals surface area contributed by atoms with Crippen molar-refractivity contribution in [2.75, 3.05) is 5.73 Å².